The van der Waals surface area contributed by atoms with Gasteiger partial charge in [-0.15, -0.1) is 0 Å². The Hall–Kier alpha value is -1.68. The number of rotatable bonds is 4. The lowest BCUT2D eigenvalue weighted by Gasteiger charge is -2.12. The molecule has 0 bridgehead atoms. The Morgan fingerprint density at radius 1 is 1.25 bits per heavy atom. The SMILES string of the molecule is CCCc1nc(Cl)c(C)c(Nc2cc(C)ccc2F)n1. The van der Waals surface area contributed by atoms with Gasteiger partial charge in [-0.25, -0.2) is 14.4 Å². The van der Waals surface area contributed by atoms with E-state index in [9.17, 15) is 4.39 Å². The van der Waals surface area contributed by atoms with Gasteiger partial charge in [0.15, 0.2) is 0 Å². The third-order valence-electron chi connectivity index (χ3n) is 2.98. The van der Waals surface area contributed by atoms with E-state index in [1.54, 1.807) is 12.1 Å². The minimum absolute atomic E-state index is 0.318. The summed E-state index contributed by atoms with van der Waals surface area (Å²) < 4.78 is 13.8. The molecule has 0 saturated heterocycles. The average Bonchev–Trinajstić information content (AvgIpc) is 2.40. The molecule has 1 heterocycles. The predicted octanol–water partition coefficient (Wildman–Crippen LogP) is 4.58. The molecule has 0 saturated carbocycles. The molecule has 0 aliphatic rings. The number of halogens is 2. The first-order valence-corrected chi connectivity index (χ1v) is 6.95. The van der Waals surface area contributed by atoms with E-state index in [-0.39, 0.29) is 5.82 Å². The van der Waals surface area contributed by atoms with Crippen LogP contribution in [0.3, 0.4) is 0 Å². The summed E-state index contributed by atoms with van der Waals surface area (Å²) in [5, 5.41) is 3.41. The molecular weight excluding hydrogens is 277 g/mol. The van der Waals surface area contributed by atoms with E-state index >= 15 is 0 Å². The number of benzene rings is 1. The lowest BCUT2D eigenvalue weighted by molar-refractivity contribution is 0.631. The van der Waals surface area contributed by atoms with Gasteiger partial charge in [0.25, 0.3) is 0 Å². The fraction of sp³-hybridized carbons (Fsp3) is 0.333. The molecule has 1 aromatic carbocycles. The van der Waals surface area contributed by atoms with Crippen LogP contribution in [0.5, 0.6) is 0 Å². The predicted molar refractivity (Wildman–Crippen MR) is 80.2 cm³/mol. The van der Waals surface area contributed by atoms with E-state index in [2.05, 4.69) is 15.3 Å². The molecule has 1 aromatic heterocycles. The topological polar surface area (TPSA) is 37.8 Å². The molecule has 0 atom stereocenters. The van der Waals surface area contributed by atoms with Gasteiger partial charge >= 0.3 is 0 Å². The Morgan fingerprint density at radius 2 is 2.00 bits per heavy atom. The average molecular weight is 294 g/mol. The van der Waals surface area contributed by atoms with Crippen LogP contribution in [0.1, 0.15) is 30.3 Å². The van der Waals surface area contributed by atoms with Crippen LogP contribution in [0.4, 0.5) is 15.9 Å². The number of aromatic nitrogens is 2. The molecule has 1 N–H and O–H groups in total. The largest absolute Gasteiger partial charge is 0.337 e. The summed E-state index contributed by atoms with van der Waals surface area (Å²) in [6.07, 6.45) is 1.67. The maximum atomic E-state index is 13.8. The third kappa shape index (κ3) is 3.25. The van der Waals surface area contributed by atoms with Gasteiger partial charge in [-0.3, -0.25) is 0 Å². The number of nitrogens with one attached hydrogen (secondary N) is 1. The van der Waals surface area contributed by atoms with Crippen molar-refractivity contribution in [2.45, 2.75) is 33.6 Å². The van der Waals surface area contributed by atoms with Gasteiger partial charge in [0, 0.05) is 12.0 Å². The molecule has 0 unspecified atom stereocenters. The van der Waals surface area contributed by atoms with Crippen molar-refractivity contribution < 1.29 is 4.39 Å². The molecule has 0 aliphatic carbocycles. The molecular formula is C15H17ClFN3. The second-order valence-electron chi connectivity index (χ2n) is 4.76. The first-order chi connectivity index (χ1) is 9.51. The van der Waals surface area contributed by atoms with Crippen LogP contribution in [0.15, 0.2) is 18.2 Å². The normalized spacial score (nSPS) is 10.7. The molecule has 20 heavy (non-hydrogen) atoms. The summed E-state index contributed by atoms with van der Waals surface area (Å²) in [6.45, 7) is 5.77. The van der Waals surface area contributed by atoms with Crippen molar-refractivity contribution in [2.24, 2.45) is 0 Å². The van der Waals surface area contributed by atoms with E-state index in [4.69, 9.17) is 11.6 Å². The third-order valence-corrected chi connectivity index (χ3v) is 3.35. The Bertz CT molecular complexity index is 629. The van der Waals surface area contributed by atoms with Crippen LogP contribution >= 0.6 is 11.6 Å². The monoisotopic (exact) mass is 293 g/mol. The molecule has 106 valence electrons. The number of anilines is 2. The molecule has 3 nitrogen and oxygen atoms in total. The molecule has 0 radical (unpaired) electrons. The van der Waals surface area contributed by atoms with Crippen molar-refractivity contribution in [3.05, 3.63) is 46.1 Å². The van der Waals surface area contributed by atoms with Gasteiger partial charge in [0.2, 0.25) is 0 Å². The highest BCUT2D eigenvalue weighted by molar-refractivity contribution is 6.30. The fourth-order valence-corrected chi connectivity index (χ4v) is 2.04. The number of aryl methyl sites for hydroxylation is 2. The van der Waals surface area contributed by atoms with Gasteiger partial charge in [-0.2, -0.15) is 0 Å². The summed E-state index contributed by atoms with van der Waals surface area (Å²) in [6, 6.07) is 4.90. The van der Waals surface area contributed by atoms with Crippen LogP contribution in [0, 0.1) is 19.7 Å². The van der Waals surface area contributed by atoms with Crippen molar-refractivity contribution in [3.8, 4) is 0 Å². The summed E-state index contributed by atoms with van der Waals surface area (Å²) in [5.74, 6) is 0.901. The second-order valence-corrected chi connectivity index (χ2v) is 5.12. The summed E-state index contributed by atoms with van der Waals surface area (Å²) in [5.41, 5.74) is 2.08. The molecule has 0 aliphatic heterocycles. The van der Waals surface area contributed by atoms with Crippen LogP contribution in [0.2, 0.25) is 5.15 Å². The Morgan fingerprint density at radius 3 is 2.70 bits per heavy atom. The van der Waals surface area contributed by atoms with Crippen molar-refractivity contribution >= 4 is 23.1 Å². The second kappa shape index (κ2) is 6.18. The summed E-state index contributed by atoms with van der Waals surface area (Å²) >= 11 is 6.11. The van der Waals surface area contributed by atoms with Crippen molar-refractivity contribution in [1.82, 2.24) is 9.97 Å². The highest BCUT2D eigenvalue weighted by Gasteiger charge is 2.11. The zero-order valence-corrected chi connectivity index (χ0v) is 12.6. The van der Waals surface area contributed by atoms with Crippen molar-refractivity contribution in [2.75, 3.05) is 5.32 Å². The maximum absolute atomic E-state index is 13.8. The van der Waals surface area contributed by atoms with Crippen LogP contribution in [-0.2, 0) is 6.42 Å². The molecule has 0 fully saturated rings. The van der Waals surface area contributed by atoms with Gasteiger partial charge in [0.05, 0.1) is 5.69 Å². The molecule has 2 aromatic rings. The van der Waals surface area contributed by atoms with Gasteiger partial charge in [-0.05, 0) is 38.0 Å². The van der Waals surface area contributed by atoms with Gasteiger partial charge in [-0.1, -0.05) is 24.6 Å². The molecule has 2 rings (SSSR count). The highest BCUT2D eigenvalue weighted by atomic mass is 35.5. The van der Waals surface area contributed by atoms with Gasteiger partial charge < -0.3 is 5.32 Å². The van der Waals surface area contributed by atoms with Crippen molar-refractivity contribution in [1.29, 1.82) is 0 Å². The Kier molecular flexibility index (Phi) is 4.55. The van der Waals surface area contributed by atoms with Crippen molar-refractivity contribution in [3.63, 3.8) is 0 Å². The van der Waals surface area contributed by atoms with E-state index < -0.39 is 0 Å². The van der Waals surface area contributed by atoms with Crippen LogP contribution in [-0.4, -0.2) is 9.97 Å². The lowest BCUT2D eigenvalue weighted by Crippen LogP contribution is -2.05. The van der Waals surface area contributed by atoms with Crippen LogP contribution < -0.4 is 5.32 Å². The molecule has 0 amide bonds. The van der Waals surface area contributed by atoms with E-state index in [0.29, 0.717) is 28.0 Å². The fourth-order valence-electron chi connectivity index (χ4n) is 1.85. The maximum Gasteiger partial charge on any atom is 0.146 e. The zero-order chi connectivity index (χ0) is 14.7. The number of nitrogens with zero attached hydrogens (tertiary/aromatic N) is 2. The minimum atomic E-state index is -0.318. The molecule has 5 heteroatoms. The first kappa shape index (κ1) is 14.7. The summed E-state index contributed by atoms with van der Waals surface area (Å²) in [4.78, 5) is 8.64. The van der Waals surface area contributed by atoms with E-state index in [0.717, 1.165) is 18.4 Å². The van der Waals surface area contributed by atoms with Crippen LogP contribution in [0.25, 0.3) is 0 Å². The summed E-state index contributed by atoms with van der Waals surface area (Å²) in [7, 11) is 0. The number of hydrogen-bond acceptors (Lipinski definition) is 3. The Balaban J connectivity index is 2.39. The smallest absolute Gasteiger partial charge is 0.146 e. The van der Waals surface area contributed by atoms with Gasteiger partial charge in [0.1, 0.15) is 22.6 Å². The van der Waals surface area contributed by atoms with E-state index in [1.165, 1.54) is 6.07 Å². The molecule has 0 spiro atoms. The number of hydrogen-bond donors (Lipinski definition) is 1. The first-order valence-electron chi connectivity index (χ1n) is 6.57. The standard InChI is InChI=1S/C15H17ClFN3/c1-4-5-13-19-14(16)10(3)15(20-13)18-12-8-9(2)6-7-11(12)17/h6-8H,4-5H2,1-3H3,(H,18,19,20). The minimum Gasteiger partial charge on any atom is -0.337 e. The lowest BCUT2D eigenvalue weighted by atomic mass is 10.2. The highest BCUT2D eigenvalue weighted by Crippen LogP contribution is 2.25. The quantitative estimate of drug-likeness (QED) is 0.838. The Labute approximate surface area is 123 Å². The van der Waals surface area contributed by atoms with E-state index in [1.807, 2.05) is 20.8 Å². The zero-order valence-electron chi connectivity index (χ0n) is 11.8.